The minimum absolute atomic E-state index is 0.0152. The number of carbonyl (C=O) groups excluding carboxylic acids is 1. The summed E-state index contributed by atoms with van der Waals surface area (Å²) >= 11 is 0. The third-order valence-electron chi connectivity index (χ3n) is 3.35. The van der Waals surface area contributed by atoms with E-state index in [-0.39, 0.29) is 11.9 Å². The van der Waals surface area contributed by atoms with Crippen molar-refractivity contribution in [2.24, 2.45) is 5.73 Å². The molecule has 2 rings (SSSR count). The van der Waals surface area contributed by atoms with Gasteiger partial charge in [0.1, 0.15) is 0 Å². The van der Waals surface area contributed by atoms with Gasteiger partial charge < -0.3 is 20.7 Å². The summed E-state index contributed by atoms with van der Waals surface area (Å²) in [6.07, 6.45) is 1.17. The number of morpholine rings is 1. The third kappa shape index (κ3) is 4.51. The first kappa shape index (κ1) is 14.8. The predicted octanol–water partition coefficient (Wildman–Crippen LogP) is 1.59. The average molecular weight is 277 g/mol. The molecule has 0 aromatic heterocycles. The van der Waals surface area contributed by atoms with Crippen LogP contribution in [0.5, 0.6) is 0 Å². The Morgan fingerprint density at radius 2 is 2.00 bits per heavy atom. The first-order valence-corrected chi connectivity index (χ1v) is 7.13. The normalized spacial score (nSPS) is 16.8. The number of carbonyl (C=O) groups is 1. The fraction of sp³-hybridized carbons (Fsp3) is 0.533. The number of benzene rings is 1. The van der Waals surface area contributed by atoms with Crippen molar-refractivity contribution in [2.45, 2.75) is 25.8 Å². The fourth-order valence-corrected chi connectivity index (χ4v) is 2.16. The van der Waals surface area contributed by atoms with Gasteiger partial charge in [0.25, 0.3) is 0 Å². The van der Waals surface area contributed by atoms with Gasteiger partial charge in [-0.25, -0.2) is 0 Å². The lowest BCUT2D eigenvalue weighted by Crippen LogP contribution is -2.36. The van der Waals surface area contributed by atoms with Gasteiger partial charge in [0.05, 0.1) is 13.2 Å². The second-order valence-corrected chi connectivity index (χ2v) is 5.21. The highest BCUT2D eigenvalue weighted by Crippen LogP contribution is 2.19. The lowest BCUT2D eigenvalue weighted by Gasteiger charge is -2.28. The van der Waals surface area contributed by atoms with Gasteiger partial charge in [0, 0.05) is 36.9 Å². The van der Waals surface area contributed by atoms with E-state index in [1.54, 1.807) is 0 Å². The highest BCUT2D eigenvalue weighted by atomic mass is 16.5. The number of hydrogen-bond acceptors (Lipinski definition) is 4. The predicted molar refractivity (Wildman–Crippen MR) is 81.0 cm³/mol. The van der Waals surface area contributed by atoms with Crippen molar-refractivity contribution < 1.29 is 9.53 Å². The van der Waals surface area contributed by atoms with Gasteiger partial charge in [-0.05, 0) is 37.6 Å². The van der Waals surface area contributed by atoms with Crippen molar-refractivity contribution in [3.05, 3.63) is 24.3 Å². The molecule has 5 nitrogen and oxygen atoms in total. The Kier molecular flexibility index (Phi) is 5.38. The van der Waals surface area contributed by atoms with Crippen LogP contribution in [0, 0.1) is 0 Å². The molecule has 1 fully saturated rings. The van der Waals surface area contributed by atoms with E-state index in [0.717, 1.165) is 32.0 Å². The van der Waals surface area contributed by atoms with Crippen molar-refractivity contribution in [1.82, 2.24) is 0 Å². The highest BCUT2D eigenvalue weighted by molar-refractivity contribution is 5.90. The fourth-order valence-electron chi connectivity index (χ4n) is 2.16. The van der Waals surface area contributed by atoms with Crippen LogP contribution >= 0.6 is 0 Å². The van der Waals surface area contributed by atoms with E-state index in [0.29, 0.717) is 12.8 Å². The van der Waals surface area contributed by atoms with E-state index in [1.807, 2.05) is 31.2 Å². The molecule has 0 bridgehead atoms. The van der Waals surface area contributed by atoms with Gasteiger partial charge in [0.2, 0.25) is 5.91 Å². The van der Waals surface area contributed by atoms with E-state index < -0.39 is 0 Å². The van der Waals surface area contributed by atoms with Crippen LogP contribution in [0.1, 0.15) is 19.8 Å². The lowest BCUT2D eigenvalue weighted by molar-refractivity contribution is -0.116. The average Bonchev–Trinajstić information content (AvgIpc) is 2.47. The van der Waals surface area contributed by atoms with Crippen LogP contribution in [0.25, 0.3) is 0 Å². The molecule has 1 unspecified atom stereocenters. The zero-order valence-corrected chi connectivity index (χ0v) is 12.0. The van der Waals surface area contributed by atoms with E-state index in [9.17, 15) is 4.79 Å². The summed E-state index contributed by atoms with van der Waals surface area (Å²) in [5.74, 6) is 0.0152. The SMILES string of the molecule is CC(N)CCC(=O)Nc1ccc(N2CCOCC2)cc1. The number of rotatable bonds is 5. The van der Waals surface area contributed by atoms with Crippen molar-refractivity contribution >= 4 is 17.3 Å². The van der Waals surface area contributed by atoms with E-state index >= 15 is 0 Å². The molecule has 1 aromatic carbocycles. The Morgan fingerprint density at radius 3 is 2.60 bits per heavy atom. The molecule has 0 saturated carbocycles. The molecule has 1 aliphatic heterocycles. The molecule has 0 radical (unpaired) electrons. The summed E-state index contributed by atoms with van der Waals surface area (Å²) in [6, 6.07) is 8.01. The van der Waals surface area contributed by atoms with E-state index in [1.165, 1.54) is 5.69 Å². The lowest BCUT2D eigenvalue weighted by atomic mass is 10.2. The molecule has 1 atom stereocenters. The second-order valence-electron chi connectivity index (χ2n) is 5.21. The third-order valence-corrected chi connectivity index (χ3v) is 3.35. The van der Waals surface area contributed by atoms with Crippen LogP contribution in [0.2, 0.25) is 0 Å². The van der Waals surface area contributed by atoms with Gasteiger partial charge in [-0.1, -0.05) is 0 Å². The number of ether oxygens (including phenoxy) is 1. The van der Waals surface area contributed by atoms with Gasteiger partial charge in [0.15, 0.2) is 0 Å². The van der Waals surface area contributed by atoms with Crippen LogP contribution in [0.3, 0.4) is 0 Å². The largest absolute Gasteiger partial charge is 0.378 e. The Morgan fingerprint density at radius 1 is 1.35 bits per heavy atom. The van der Waals surface area contributed by atoms with Crippen molar-refractivity contribution in [2.75, 3.05) is 36.5 Å². The molecular formula is C15H23N3O2. The van der Waals surface area contributed by atoms with Crippen molar-refractivity contribution in [1.29, 1.82) is 0 Å². The molecule has 3 N–H and O–H groups in total. The maximum absolute atomic E-state index is 11.7. The molecule has 1 saturated heterocycles. The zero-order valence-electron chi connectivity index (χ0n) is 12.0. The van der Waals surface area contributed by atoms with Crippen molar-refractivity contribution in [3.63, 3.8) is 0 Å². The molecule has 5 heteroatoms. The maximum atomic E-state index is 11.7. The summed E-state index contributed by atoms with van der Waals surface area (Å²) in [6.45, 7) is 5.29. The Hall–Kier alpha value is -1.59. The topological polar surface area (TPSA) is 67.6 Å². The highest BCUT2D eigenvalue weighted by Gasteiger charge is 2.11. The van der Waals surface area contributed by atoms with Gasteiger partial charge in [-0.2, -0.15) is 0 Å². The van der Waals surface area contributed by atoms with Gasteiger partial charge in [-0.3, -0.25) is 4.79 Å². The minimum Gasteiger partial charge on any atom is -0.378 e. The number of amides is 1. The number of nitrogens with two attached hydrogens (primary N) is 1. The van der Waals surface area contributed by atoms with Crippen LogP contribution in [0.4, 0.5) is 11.4 Å². The molecule has 1 aromatic rings. The van der Waals surface area contributed by atoms with E-state index in [4.69, 9.17) is 10.5 Å². The minimum atomic E-state index is 0.0152. The maximum Gasteiger partial charge on any atom is 0.224 e. The summed E-state index contributed by atoms with van der Waals surface area (Å²) in [7, 11) is 0. The molecule has 0 spiro atoms. The Bertz CT molecular complexity index is 425. The van der Waals surface area contributed by atoms with Gasteiger partial charge >= 0.3 is 0 Å². The molecule has 1 aliphatic rings. The molecule has 0 aliphatic carbocycles. The Balaban J connectivity index is 1.86. The number of anilines is 2. The van der Waals surface area contributed by atoms with Crippen LogP contribution in [0.15, 0.2) is 24.3 Å². The quantitative estimate of drug-likeness (QED) is 0.857. The number of nitrogens with one attached hydrogen (secondary N) is 1. The Labute approximate surface area is 120 Å². The number of nitrogens with zero attached hydrogens (tertiary/aromatic N) is 1. The molecule has 20 heavy (non-hydrogen) atoms. The standard InChI is InChI=1S/C15H23N3O2/c1-12(16)2-7-15(19)17-13-3-5-14(6-4-13)18-8-10-20-11-9-18/h3-6,12H,2,7-11,16H2,1H3,(H,17,19). The molecule has 1 heterocycles. The summed E-state index contributed by atoms with van der Waals surface area (Å²) in [5.41, 5.74) is 7.64. The van der Waals surface area contributed by atoms with Crippen LogP contribution < -0.4 is 16.0 Å². The van der Waals surface area contributed by atoms with Gasteiger partial charge in [-0.15, -0.1) is 0 Å². The smallest absolute Gasteiger partial charge is 0.224 e. The second kappa shape index (κ2) is 7.26. The molecule has 110 valence electrons. The van der Waals surface area contributed by atoms with Crippen LogP contribution in [-0.4, -0.2) is 38.3 Å². The number of hydrogen-bond donors (Lipinski definition) is 2. The van der Waals surface area contributed by atoms with Crippen LogP contribution in [-0.2, 0) is 9.53 Å². The summed E-state index contributed by atoms with van der Waals surface area (Å²) < 4.78 is 5.33. The molecular weight excluding hydrogens is 254 g/mol. The first-order valence-electron chi connectivity index (χ1n) is 7.13. The summed E-state index contributed by atoms with van der Waals surface area (Å²) in [4.78, 5) is 14.0. The monoisotopic (exact) mass is 277 g/mol. The first-order chi connectivity index (χ1) is 9.65. The zero-order chi connectivity index (χ0) is 14.4. The summed E-state index contributed by atoms with van der Waals surface area (Å²) in [5, 5.41) is 2.89. The van der Waals surface area contributed by atoms with Crippen molar-refractivity contribution in [3.8, 4) is 0 Å². The van der Waals surface area contributed by atoms with E-state index in [2.05, 4.69) is 10.2 Å². The molecule has 1 amide bonds.